The molecule has 6 heteroatoms. The Hall–Kier alpha value is -3.15. The quantitative estimate of drug-likeness (QED) is 0.0263. The van der Waals surface area contributed by atoms with Crippen LogP contribution in [-0.4, -0.2) is 37.2 Å². The van der Waals surface area contributed by atoms with Crippen LogP contribution in [0, 0.1) is 0 Å². The smallest absolute Gasteiger partial charge is 0.306 e. The van der Waals surface area contributed by atoms with Crippen LogP contribution in [0.1, 0.15) is 233 Å². The third-order valence-electron chi connectivity index (χ3n) is 10.4. The van der Waals surface area contributed by atoms with Gasteiger partial charge in [0.2, 0.25) is 0 Å². The van der Waals surface area contributed by atoms with Crippen LogP contribution in [0.5, 0.6) is 0 Å². The zero-order valence-electron chi connectivity index (χ0n) is 39.2. The fourth-order valence-electron chi connectivity index (χ4n) is 6.71. The van der Waals surface area contributed by atoms with Crippen molar-refractivity contribution >= 4 is 17.9 Å². The Morgan fingerprint density at radius 2 is 0.667 bits per heavy atom. The minimum atomic E-state index is -0.800. The molecule has 0 aromatic carbocycles. The van der Waals surface area contributed by atoms with Gasteiger partial charge in [-0.3, -0.25) is 14.4 Å². The van der Waals surface area contributed by atoms with E-state index in [0.29, 0.717) is 19.3 Å². The van der Waals surface area contributed by atoms with Gasteiger partial charge in [-0.1, -0.05) is 203 Å². The standard InChI is InChI=1S/C54H92O6/c1-4-7-10-13-16-19-22-25-26-27-28-30-32-35-38-41-44-47-53(56)59-50-51(49-58-52(55)46-43-40-37-34-31-24-21-18-15-12-9-6-3)60-54(57)48-45-42-39-36-33-29-23-20-17-14-11-8-5-2/h9,12,16,18-19,21,25-26,28,30,35,38,51H,4-8,10-11,13-15,17,20,22-24,27,29,31-34,36-37,39-50H2,1-3H3/b12-9-,19-16-,21-18-,26-25-,30-28-,38-35-. The average molecular weight is 837 g/mol. The molecule has 0 aromatic rings. The Balaban J connectivity index is 4.47. The first-order chi connectivity index (χ1) is 29.5. The van der Waals surface area contributed by atoms with Gasteiger partial charge in [0.25, 0.3) is 0 Å². The molecule has 1 unspecified atom stereocenters. The van der Waals surface area contributed by atoms with Crippen LogP contribution in [-0.2, 0) is 28.6 Å². The van der Waals surface area contributed by atoms with E-state index in [-0.39, 0.29) is 37.5 Å². The highest BCUT2D eigenvalue weighted by atomic mass is 16.6. The molecule has 0 spiro atoms. The largest absolute Gasteiger partial charge is 0.462 e. The Kier molecular flexibility index (Phi) is 46.0. The molecule has 0 fully saturated rings. The van der Waals surface area contributed by atoms with Gasteiger partial charge in [0.1, 0.15) is 13.2 Å². The van der Waals surface area contributed by atoms with Gasteiger partial charge < -0.3 is 14.2 Å². The number of hydrogen-bond donors (Lipinski definition) is 0. The molecule has 0 heterocycles. The summed E-state index contributed by atoms with van der Waals surface area (Å²) in [6, 6.07) is 0. The SMILES string of the molecule is CC/C=C\C/C=C\CCCCCCCC(=O)OCC(COC(=O)CCC/C=C\C/C=C\C/C=C\C/C=C\CCCCC)OC(=O)CCCCCCCCCCCCCCC. The van der Waals surface area contributed by atoms with Crippen LogP contribution in [0.2, 0.25) is 0 Å². The third kappa shape index (κ3) is 45.9. The monoisotopic (exact) mass is 837 g/mol. The first-order valence-electron chi connectivity index (χ1n) is 24.9. The fourth-order valence-corrected chi connectivity index (χ4v) is 6.71. The van der Waals surface area contributed by atoms with Crippen molar-refractivity contribution in [3.63, 3.8) is 0 Å². The Morgan fingerprint density at radius 3 is 1.12 bits per heavy atom. The highest BCUT2D eigenvalue weighted by Gasteiger charge is 2.19. The Labute approximate surface area is 370 Å². The molecule has 0 aliphatic carbocycles. The maximum absolute atomic E-state index is 12.8. The van der Waals surface area contributed by atoms with E-state index in [4.69, 9.17) is 14.2 Å². The molecule has 0 saturated heterocycles. The van der Waals surface area contributed by atoms with Crippen molar-refractivity contribution in [2.24, 2.45) is 0 Å². The molecular formula is C54H92O6. The molecule has 0 aliphatic heterocycles. The topological polar surface area (TPSA) is 78.9 Å². The number of rotatable bonds is 44. The summed E-state index contributed by atoms with van der Waals surface area (Å²) in [5.74, 6) is -0.970. The Bertz CT molecular complexity index is 1140. The number of carbonyl (C=O) groups excluding carboxylic acids is 3. The van der Waals surface area contributed by atoms with Crippen molar-refractivity contribution in [2.75, 3.05) is 13.2 Å². The van der Waals surface area contributed by atoms with Crippen LogP contribution >= 0.6 is 0 Å². The molecule has 0 aliphatic rings. The summed E-state index contributed by atoms with van der Waals surface area (Å²) in [6.45, 7) is 6.43. The Morgan fingerprint density at radius 1 is 0.350 bits per heavy atom. The molecule has 1 atom stereocenters. The number of unbranched alkanes of at least 4 members (excludes halogenated alkanes) is 21. The normalized spacial score (nSPS) is 12.7. The van der Waals surface area contributed by atoms with Gasteiger partial charge in [-0.15, -0.1) is 0 Å². The van der Waals surface area contributed by atoms with E-state index in [1.165, 1.54) is 89.9 Å². The molecule has 6 nitrogen and oxygen atoms in total. The van der Waals surface area contributed by atoms with Crippen molar-refractivity contribution < 1.29 is 28.6 Å². The molecule has 0 rings (SSSR count). The average Bonchev–Trinajstić information content (AvgIpc) is 3.24. The number of ether oxygens (including phenoxy) is 3. The van der Waals surface area contributed by atoms with Crippen molar-refractivity contribution in [1.82, 2.24) is 0 Å². The molecule has 0 amide bonds. The highest BCUT2D eigenvalue weighted by molar-refractivity contribution is 5.71. The highest BCUT2D eigenvalue weighted by Crippen LogP contribution is 2.14. The second-order valence-electron chi connectivity index (χ2n) is 16.3. The summed E-state index contributed by atoms with van der Waals surface area (Å²) in [4.78, 5) is 37.9. The summed E-state index contributed by atoms with van der Waals surface area (Å²) < 4.78 is 16.7. The van der Waals surface area contributed by atoms with E-state index in [9.17, 15) is 14.4 Å². The number of hydrogen-bond acceptors (Lipinski definition) is 6. The van der Waals surface area contributed by atoms with E-state index in [2.05, 4.69) is 93.7 Å². The van der Waals surface area contributed by atoms with Crippen molar-refractivity contribution in [3.05, 3.63) is 72.9 Å². The maximum Gasteiger partial charge on any atom is 0.306 e. The maximum atomic E-state index is 12.8. The fraction of sp³-hybridized carbons (Fsp3) is 0.722. The minimum absolute atomic E-state index is 0.0988. The molecule has 0 N–H and O–H groups in total. The number of allylic oxidation sites excluding steroid dienone is 12. The second-order valence-corrected chi connectivity index (χ2v) is 16.3. The summed E-state index contributed by atoms with van der Waals surface area (Å²) in [5, 5.41) is 0. The third-order valence-corrected chi connectivity index (χ3v) is 10.4. The van der Waals surface area contributed by atoms with Gasteiger partial charge in [0.15, 0.2) is 6.10 Å². The van der Waals surface area contributed by atoms with Crippen LogP contribution < -0.4 is 0 Å². The predicted molar refractivity (Wildman–Crippen MR) is 256 cm³/mol. The molecule has 344 valence electrons. The second kappa shape index (κ2) is 48.5. The van der Waals surface area contributed by atoms with E-state index >= 15 is 0 Å². The summed E-state index contributed by atoms with van der Waals surface area (Å²) in [7, 11) is 0. The summed E-state index contributed by atoms with van der Waals surface area (Å²) in [5.41, 5.74) is 0. The molecule has 0 radical (unpaired) electrons. The number of esters is 3. The lowest BCUT2D eigenvalue weighted by Gasteiger charge is -2.18. The van der Waals surface area contributed by atoms with Crippen LogP contribution in [0.3, 0.4) is 0 Å². The predicted octanol–water partition coefficient (Wildman–Crippen LogP) is 16.3. The van der Waals surface area contributed by atoms with Crippen molar-refractivity contribution in [2.45, 2.75) is 239 Å². The van der Waals surface area contributed by atoms with Gasteiger partial charge in [-0.25, -0.2) is 0 Å². The summed E-state index contributed by atoms with van der Waals surface area (Å²) in [6.07, 6.45) is 60.3. The molecule has 0 aromatic heterocycles. The van der Waals surface area contributed by atoms with E-state index in [1.54, 1.807) is 0 Å². The molecule has 0 bridgehead atoms. The van der Waals surface area contributed by atoms with Crippen LogP contribution in [0.25, 0.3) is 0 Å². The van der Waals surface area contributed by atoms with E-state index < -0.39 is 6.10 Å². The zero-order chi connectivity index (χ0) is 43.7. The van der Waals surface area contributed by atoms with Crippen molar-refractivity contribution in [1.29, 1.82) is 0 Å². The van der Waals surface area contributed by atoms with Crippen LogP contribution in [0.15, 0.2) is 72.9 Å². The molecule has 60 heavy (non-hydrogen) atoms. The molecule has 0 saturated carbocycles. The zero-order valence-corrected chi connectivity index (χ0v) is 39.2. The van der Waals surface area contributed by atoms with Crippen molar-refractivity contribution in [3.8, 4) is 0 Å². The lowest BCUT2D eigenvalue weighted by Crippen LogP contribution is -2.30. The van der Waals surface area contributed by atoms with Crippen LogP contribution in [0.4, 0.5) is 0 Å². The van der Waals surface area contributed by atoms with E-state index in [0.717, 1.165) is 96.3 Å². The lowest BCUT2D eigenvalue weighted by atomic mass is 10.0. The van der Waals surface area contributed by atoms with Gasteiger partial charge >= 0.3 is 17.9 Å². The minimum Gasteiger partial charge on any atom is -0.462 e. The molecular weight excluding hydrogens is 745 g/mol. The van der Waals surface area contributed by atoms with Gasteiger partial charge in [0.05, 0.1) is 0 Å². The summed E-state index contributed by atoms with van der Waals surface area (Å²) >= 11 is 0. The van der Waals surface area contributed by atoms with E-state index in [1.807, 2.05) is 0 Å². The first-order valence-corrected chi connectivity index (χ1v) is 24.9. The van der Waals surface area contributed by atoms with Gasteiger partial charge in [0, 0.05) is 19.3 Å². The first kappa shape index (κ1) is 56.9. The number of carbonyl (C=O) groups is 3. The van der Waals surface area contributed by atoms with Gasteiger partial charge in [-0.2, -0.15) is 0 Å². The van der Waals surface area contributed by atoms with Gasteiger partial charge in [-0.05, 0) is 83.5 Å². The lowest BCUT2D eigenvalue weighted by molar-refractivity contribution is -0.167.